The summed E-state index contributed by atoms with van der Waals surface area (Å²) < 4.78 is 51.7. The molecule has 8 nitrogen and oxygen atoms in total. The first kappa shape index (κ1) is 24.6. The van der Waals surface area contributed by atoms with Gasteiger partial charge in [0.15, 0.2) is 17.1 Å². The Labute approximate surface area is 217 Å². The molecule has 3 aromatic rings. The maximum Gasteiger partial charge on any atom is 0.264 e. The summed E-state index contributed by atoms with van der Waals surface area (Å²) in [6, 6.07) is 15.0. The minimum Gasteiger partial charge on any atom is -0.495 e. The highest BCUT2D eigenvalue weighted by molar-refractivity contribution is 9.10. The van der Waals surface area contributed by atoms with Gasteiger partial charge in [-0.15, -0.1) is 0 Å². The number of benzene rings is 3. The molecule has 36 heavy (non-hydrogen) atoms. The Kier molecular flexibility index (Phi) is 6.01. The van der Waals surface area contributed by atoms with Crippen molar-refractivity contribution in [2.45, 2.75) is 23.5 Å². The number of sulfonamides is 1. The van der Waals surface area contributed by atoms with E-state index in [1.807, 2.05) is 6.92 Å². The molecule has 0 aromatic heterocycles. The second-order valence-corrected chi connectivity index (χ2v) is 11.4. The first-order valence-electron chi connectivity index (χ1n) is 11.1. The summed E-state index contributed by atoms with van der Waals surface area (Å²) in [4.78, 5) is 13.9. The largest absolute Gasteiger partial charge is 0.495 e. The van der Waals surface area contributed by atoms with Gasteiger partial charge in [0, 0.05) is 11.6 Å². The number of carbonyl (C=O) groups excluding carboxylic acids is 1. The van der Waals surface area contributed by atoms with Crippen molar-refractivity contribution in [3.8, 4) is 17.2 Å². The van der Waals surface area contributed by atoms with Crippen LogP contribution in [0.1, 0.15) is 27.6 Å². The van der Waals surface area contributed by atoms with Crippen molar-refractivity contribution in [3.63, 3.8) is 0 Å². The van der Waals surface area contributed by atoms with Gasteiger partial charge in [-0.2, -0.15) is 0 Å². The summed E-state index contributed by atoms with van der Waals surface area (Å²) in [5.74, 6) is 1.14. The van der Waals surface area contributed by atoms with Crippen molar-refractivity contribution in [2.24, 2.45) is 0 Å². The molecular formula is C26H24BrNO7S. The number of aryl methyl sites for hydroxylation is 1. The lowest BCUT2D eigenvalue weighted by Gasteiger charge is -2.34. The van der Waals surface area contributed by atoms with Gasteiger partial charge in [0.25, 0.3) is 10.0 Å². The smallest absolute Gasteiger partial charge is 0.264 e. The number of hydrogen-bond donors (Lipinski definition) is 0. The van der Waals surface area contributed by atoms with Gasteiger partial charge in [-0.05, 0) is 58.7 Å². The second-order valence-electron chi connectivity index (χ2n) is 8.66. The number of fused-ring (bicyclic) bond motifs is 1. The topological polar surface area (TPSA) is 94.7 Å². The minimum atomic E-state index is -4.03. The zero-order valence-corrected chi connectivity index (χ0v) is 22.5. The number of carbonyl (C=O) groups is 1. The fraction of sp³-hybridized carbons (Fsp3) is 0.269. The highest BCUT2D eigenvalue weighted by atomic mass is 79.9. The predicted molar refractivity (Wildman–Crippen MR) is 137 cm³/mol. The van der Waals surface area contributed by atoms with E-state index >= 15 is 0 Å². The van der Waals surface area contributed by atoms with Crippen LogP contribution in [0.15, 0.2) is 64.0 Å². The predicted octanol–water partition coefficient (Wildman–Crippen LogP) is 4.69. The van der Waals surface area contributed by atoms with Crippen LogP contribution < -0.4 is 18.5 Å². The molecule has 2 aliphatic rings. The summed E-state index contributed by atoms with van der Waals surface area (Å²) in [7, 11) is 0.510. The molecule has 188 valence electrons. The zero-order chi connectivity index (χ0) is 25.8. The molecule has 3 aromatic carbocycles. The Morgan fingerprint density at radius 2 is 1.61 bits per heavy atom. The molecule has 0 amide bonds. The molecule has 1 fully saturated rings. The Morgan fingerprint density at radius 3 is 2.25 bits per heavy atom. The van der Waals surface area contributed by atoms with E-state index in [1.54, 1.807) is 54.6 Å². The number of ketones is 1. The third kappa shape index (κ3) is 3.75. The van der Waals surface area contributed by atoms with Gasteiger partial charge in [-0.25, -0.2) is 8.42 Å². The molecule has 10 heteroatoms. The Balaban J connectivity index is 1.64. The van der Waals surface area contributed by atoms with Crippen LogP contribution in [0.4, 0.5) is 5.69 Å². The molecule has 0 radical (unpaired) electrons. The number of rotatable bonds is 6. The second kappa shape index (κ2) is 8.79. The molecule has 0 N–H and O–H groups in total. The van der Waals surface area contributed by atoms with Crippen LogP contribution in [0.3, 0.4) is 0 Å². The van der Waals surface area contributed by atoms with Crippen LogP contribution in [0.5, 0.6) is 17.2 Å². The SMILES string of the molecule is COc1cc2c(cc1Br)C(=O)C1(CN2S(=O)(=O)c2ccc(C)cc2)OC1c1ccc(OC)c(OC)c1. The third-order valence-corrected chi connectivity index (χ3v) is 8.95. The average Bonchev–Trinajstić information content (AvgIpc) is 3.60. The van der Waals surface area contributed by atoms with E-state index in [1.165, 1.54) is 25.6 Å². The van der Waals surface area contributed by atoms with E-state index in [0.717, 1.165) is 5.56 Å². The average molecular weight is 574 g/mol. The third-order valence-electron chi connectivity index (χ3n) is 6.56. The summed E-state index contributed by atoms with van der Waals surface area (Å²) in [5.41, 5.74) is 0.715. The van der Waals surface area contributed by atoms with E-state index in [0.29, 0.717) is 27.3 Å². The highest BCUT2D eigenvalue weighted by Gasteiger charge is 2.67. The van der Waals surface area contributed by atoms with Crippen LogP contribution in [0.25, 0.3) is 0 Å². The zero-order valence-electron chi connectivity index (χ0n) is 20.1. The number of nitrogens with zero attached hydrogens (tertiary/aromatic N) is 1. The monoisotopic (exact) mass is 573 g/mol. The van der Waals surface area contributed by atoms with Gasteiger partial charge < -0.3 is 18.9 Å². The minimum absolute atomic E-state index is 0.119. The fourth-order valence-electron chi connectivity index (χ4n) is 4.56. The lowest BCUT2D eigenvalue weighted by molar-refractivity contribution is 0.0873. The lowest BCUT2D eigenvalue weighted by Crippen LogP contribution is -2.48. The molecule has 2 unspecified atom stereocenters. The van der Waals surface area contributed by atoms with Crippen LogP contribution in [0.2, 0.25) is 0 Å². The standard InChI is InChI=1S/C26H24BrNO7S/c1-15-5-8-17(9-6-15)36(30,31)28-14-26(24(29)18-12-19(27)22(33-3)13-20(18)28)25(35-26)16-7-10-21(32-2)23(11-16)34-4/h5-13,25H,14H2,1-4H3. The van der Waals surface area contributed by atoms with Gasteiger partial charge in [0.2, 0.25) is 5.78 Å². The molecule has 0 bridgehead atoms. The maximum atomic E-state index is 13.9. The quantitative estimate of drug-likeness (QED) is 0.395. The number of ether oxygens (including phenoxy) is 4. The number of hydrogen-bond acceptors (Lipinski definition) is 7. The Bertz CT molecular complexity index is 1470. The van der Waals surface area contributed by atoms with Gasteiger partial charge in [0.1, 0.15) is 11.9 Å². The van der Waals surface area contributed by atoms with Gasteiger partial charge in [-0.3, -0.25) is 9.10 Å². The molecule has 2 aliphatic heterocycles. The summed E-state index contributed by atoms with van der Waals surface area (Å²) in [6.45, 7) is 1.70. The van der Waals surface area contributed by atoms with Crippen molar-refractivity contribution in [3.05, 3.63) is 75.8 Å². The number of methoxy groups -OCH3 is 3. The number of Topliss-reactive ketones (excluding diaryl/α,β-unsaturated/α-hetero) is 1. The van der Waals surface area contributed by atoms with Gasteiger partial charge >= 0.3 is 0 Å². The van der Waals surface area contributed by atoms with Gasteiger partial charge in [0.05, 0.1) is 42.9 Å². The summed E-state index contributed by atoms with van der Waals surface area (Å²) >= 11 is 3.42. The summed E-state index contributed by atoms with van der Waals surface area (Å²) in [5, 5.41) is 0. The van der Waals surface area contributed by atoms with Crippen molar-refractivity contribution in [1.82, 2.24) is 0 Å². The van der Waals surface area contributed by atoms with E-state index in [9.17, 15) is 13.2 Å². The van der Waals surface area contributed by atoms with Crippen molar-refractivity contribution >= 4 is 37.4 Å². The molecule has 5 rings (SSSR count). The first-order valence-corrected chi connectivity index (χ1v) is 13.3. The van der Waals surface area contributed by atoms with Crippen LogP contribution in [0, 0.1) is 6.92 Å². The van der Waals surface area contributed by atoms with E-state index in [-0.39, 0.29) is 28.5 Å². The molecular weight excluding hydrogens is 550 g/mol. The maximum absolute atomic E-state index is 13.9. The van der Waals surface area contributed by atoms with E-state index in [2.05, 4.69) is 15.9 Å². The number of halogens is 1. The first-order chi connectivity index (χ1) is 17.2. The lowest BCUT2D eigenvalue weighted by atomic mass is 9.87. The fourth-order valence-corrected chi connectivity index (χ4v) is 6.57. The Morgan fingerprint density at radius 1 is 0.944 bits per heavy atom. The normalized spacial score (nSPS) is 20.8. The van der Waals surface area contributed by atoms with E-state index < -0.39 is 21.7 Å². The summed E-state index contributed by atoms with van der Waals surface area (Å²) in [6.07, 6.45) is -0.658. The molecule has 2 heterocycles. The van der Waals surface area contributed by atoms with Crippen molar-refractivity contribution < 1.29 is 32.2 Å². The van der Waals surface area contributed by atoms with Crippen LogP contribution in [-0.2, 0) is 14.8 Å². The van der Waals surface area contributed by atoms with Crippen LogP contribution in [-0.4, -0.2) is 47.7 Å². The highest BCUT2D eigenvalue weighted by Crippen LogP contribution is 2.57. The molecule has 1 saturated heterocycles. The Hall–Kier alpha value is -3.08. The molecule has 0 aliphatic carbocycles. The molecule has 1 spiro atoms. The molecule has 2 atom stereocenters. The van der Waals surface area contributed by atoms with Gasteiger partial charge in [-0.1, -0.05) is 23.8 Å². The van der Waals surface area contributed by atoms with Crippen LogP contribution >= 0.6 is 15.9 Å². The number of anilines is 1. The van der Waals surface area contributed by atoms with Crippen molar-refractivity contribution in [2.75, 3.05) is 32.2 Å². The van der Waals surface area contributed by atoms with Crippen molar-refractivity contribution in [1.29, 1.82) is 0 Å². The van der Waals surface area contributed by atoms with E-state index in [4.69, 9.17) is 18.9 Å². The molecule has 0 saturated carbocycles. The number of epoxide rings is 1.